The molecule has 1 N–H and O–H groups in total. The van der Waals surface area contributed by atoms with Crippen molar-refractivity contribution < 1.29 is 14.3 Å². The molecule has 0 unspecified atom stereocenters. The number of anilines is 1. The van der Waals surface area contributed by atoms with Crippen molar-refractivity contribution >= 4 is 11.6 Å². The third-order valence-corrected chi connectivity index (χ3v) is 3.77. The Morgan fingerprint density at radius 3 is 2.23 bits per heavy atom. The number of carbonyl (C=O) groups excluding carboxylic acids is 1. The van der Waals surface area contributed by atoms with Gasteiger partial charge >= 0.3 is 6.01 Å². The van der Waals surface area contributed by atoms with E-state index in [1.54, 1.807) is 45.2 Å². The van der Waals surface area contributed by atoms with E-state index in [1.807, 2.05) is 30.3 Å². The summed E-state index contributed by atoms with van der Waals surface area (Å²) in [7, 11) is 1.56. The van der Waals surface area contributed by atoms with Crippen LogP contribution in [0.3, 0.4) is 0 Å². The van der Waals surface area contributed by atoms with E-state index in [1.165, 1.54) is 0 Å². The molecule has 132 valence electrons. The Morgan fingerprint density at radius 2 is 1.58 bits per heavy atom. The number of nitrogens with zero attached hydrogens (tertiary/aromatic N) is 2. The minimum Gasteiger partial charge on any atom is -0.497 e. The zero-order valence-electron chi connectivity index (χ0n) is 14.8. The molecular weight excluding hydrogens is 330 g/mol. The van der Waals surface area contributed by atoms with Crippen molar-refractivity contribution in [3.05, 3.63) is 71.5 Å². The molecule has 0 saturated carbocycles. The molecule has 0 aliphatic carbocycles. The predicted molar refractivity (Wildman–Crippen MR) is 99.0 cm³/mol. The van der Waals surface area contributed by atoms with Gasteiger partial charge in [0.2, 0.25) is 0 Å². The molecule has 0 saturated heterocycles. The third kappa shape index (κ3) is 3.97. The molecule has 1 aromatic heterocycles. The number of ether oxygens (including phenoxy) is 2. The van der Waals surface area contributed by atoms with Gasteiger partial charge in [-0.25, -0.2) is 0 Å². The molecule has 6 heteroatoms. The van der Waals surface area contributed by atoms with Crippen LogP contribution in [0.5, 0.6) is 17.5 Å². The number of methoxy groups -OCH3 is 1. The van der Waals surface area contributed by atoms with Crippen LogP contribution in [0, 0.1) is 13.8 Å². The van der Waals surface area contributed by atoms with Gasteiger partial charge in [-0.3, -0.25) is 4.79 Å². The molecule has 3 rings (SSSR count). The lowest BCUT2D eigenvalue weighted by Gasteiger charge is -2.13. The maximum atomic E-state index is 12.5. The van der Waals surface area contributed by atoms with Gasteiger partial charge in [0.15, 0.2) is 0 Å². The number of rotatable bonds is 5. The highest BCUT2D eigenvalue weighted by atomic mass is 16.5. The second kappa shape index (κ2) is 7.65. The summed E-state index contributed by atoms with van der Waals surface area (Å²) in [6.45, 7) is 3.60. The third-order valence-electron chi connectivity index (χ3n) is 3.77. The maximum absolute atomic E-state index is 12.5. The first-order chi connectivity index (χ1) is 12.6. The Balaban J connectivity index is 1.81. The Labute approximate surface area is 151 Å². The highest BCUT2D eigenvalue weighted by Gasteiger charge is 2.14. The number of hydrogen-bond acceptors (Lipinski definition) is 5. The topological polar surface area (TPSA) is 73.3 Å². The molecule has 26 heavy (non-hydrogen) atoms. The first-order valence-corrected chi connectivity index (χ1v) is 8.10. The van der Waals surface area contributed by atoms with Gasteiger partial charge in [-0.05, 0) is 44.2 Å². The van der Waals surface area contributed by atoms with E-state index in [0.717, 1.165) is 0 Å². The van der Waals surface area contributed by atoms with Crippen molar-refractivity contribution in [1.29, 1.82) is 0 Å². The number of amides is 1. The fourth-order valence-corrected chi connectivity index (χ4v) is 2.46. The standard InChI is InChI=1S/C20H19N3O3/c1-13-18(23-19(24)15-8-7-11-17(12-15)25-3)14(2)22-20(21-13)26-16-9-5-4-6-10-16/h4-12H,1-3H3,(H,23,24). The summed E-state index contributed by atoms with van der Waals surface area (Å²) < 4.78 is 10.8. The SMILES string of the molecule is COc1cccc(C(=O)Nc2c(C)nc(Oc3ccccc3)nc2C)c1. The van der Waals surface area contributed by atoms with Gasteiger partial charge in [-0.2, -0.15) is 9.97 Å². The second-order valence-electron chi connectivity index (χ2n) is 5.65. The van der Waals surface area contributed by atoms with Gasteiger partial charge in [0.05, 0.1) is 24.2 Å². The Hall–Kier alpha value is -3.41. The molecule has 6 nitrogen and oxygen atoms in total. The minimum atomic E-state index is -0.254. The molecule has 0 aliphatic heterocycles. The largest absolute Gasteiger partial charge is 0.497 e. The molecule has 0 fully saturated rings. The predicted octanol–water partition coefficient (Wildman–Crippen LogP) is 4.15. The van der Waals surface area contributed by atoms with Gasteiger partial charge in [-0.1, -0.05) is 24.3 Å². The summed E-state index contributed by atoms with van der Waals surface area (Å²) >= 11 is 0. The van der Waals surface area contributed by atoms with Crippen LogP contribution in [0.2, 0.25) is 0 Å². The number of para-hydroxylation sites is 1. The average molecular weight is 349 g/mol. The zero-order chi connectivity index (χ0) is 18.5. The van der Waals surface area contributed by atoms with E-state index >= 15 is 0 Å². The summed E-state index contributed by atoms with van der Waals surface area (Å²) in [6.07, 6.45) is 0. The number of carbonyl (C=O) groups is 1. The smallest absolute Gasteiger partial charge is 0.322 e. The summed E-state index contributed by atoms with van der Waals surface area (Å²) in [5.41, 5.74) is 2.31. The molecule has 0 radical (unpaired) electrons. The van der Waals surface area contributed by atoms with Crippen molar-refractivity contribution in [2.45, 2.75) is 13.8 Å². The number of hydrogen-bond donors (Lipinski definition) is 1. The van der Waals surface area contributed by atoms with Crippen molar-refractivity contribution in [2.75, 3.05) is 12.4 Å². The van der Waals surface area contributed by atoms with E-state index in [9.17, 15) is 4.79 Å². The molecule has 0 aliphatic rings. The van der Waals surface area contributed by atoms with Crippen molar-refractivity contribution in [2.24, 2.45) is 0 Å². The Kier molecular flexibility index (Phi) is 5.12. The number of aromatic nitrogens is 2. The Morgan fingerprint density at radius 1 is 0.923 bits per heavy atom. The molecule has 1 amide bonds. The van der Waals surface area contributed by atoms with Crippen LogP contribution in [0.25, 0.3) is 0 Å². The number of nitrogens with one attached hydrogen (secondary N) is 1. The van der Waals surface area contributed by atoms with E-state index in [-0.39, 0.29) is 11.9 Å². The number of benzene rings is 2. The first-order valence-electron chi connectivity index (χ1n) is 8.10. The van der Waals surface area contributed by atoms with Crippen LogP contribution in [0.1, 0.15) is 21.7 Å². The Bertz CT molecular complexity index is 904. The van der Waals surface area contributed by atoms with Crippen LogP contribution in [-0.2, 0) is 0 Å². The van der Waals surface area contributed by atoms with Crippen LogP contribution in [0.15, 0.2) is 54.6 Å². The first kappa shape index (κ1) is 17.4. The van der Waals surface area contributed by atoms with E-state index in [4.69, 9.17) is 9.47 Å². The number of aryl methyl sites for hydroxylation is 2. The van der Waals surface area contributed by atoms with Gasteiger partial charge in [0.25, 0.3) is 5.91 Å². The molecule has 0 bridgehead atoms. The van der Waals surface area contributed by atoms with Gasteiger partial charge in [0.1, 0.15) is 11.5 Å². The summed E-state index contributed by atoms with van der Waals surface area (Å²) in [5, 5.41) is 2.86. The monoisotopic (exact) mass is 349 g/mol. The molecule has 2 aromatic carbocycles. The summed E-state index contributed by atoms with van der Waals surface area (Å²) in [5.74, 6) is 1.02. The highest BCUT2D eigenvalue weighted by Crippen LogP contribution is 2.24. The van der Waals surface area contributed by atoms with Crippen molar-refractivity contribution in [1.82, 2.24) is 9.97 Å². The highest BCUT2D eigenvalue weighted by molar-refractivity contribution is 6.05. The van der Waals surface area contributed by atoms with Crippen LogP contribution < -0.4 is 14.8 Å². The van der Waals surface area contributed by atoms with E-state index in [2.05, 4.69) is 15.3 Å². The molecule has 1 heterocycles. The molecular formula is C20H19N3O3. The molecule has 0 spiro atoms. The zero-order valence-corrected chi connectivity index (χ0v) is 14.8. The summed E-state index contributed by atoms with van der Waals surface area (Å²) in [4.78, 5) is 21.2. The van der Waals surface area contributed by atoms with Crippen molar-refractivity contribution in [3.63, 3.8) is 0 Å². The molecule has 0 atom stereocenters. The quantitative estimate of drug-likeness (QED) is 0.749. The normalized spacial score (nSPS) is 10.3. The van der Waals surface area contributed by atoms with Gasteiger partial charge in [0, 0.05) is 5.56 Å². The van der Waals surface area contributed by atoms with Crippen LogP contribution in [-0.4, -0.2) is 23.0 Å². The van der Waals surface area contributed by atoms with Crippen LogP contribution in [0.4, 0.5) is 5.69 Å². The summed E-state index contributed by atoms with van der Waals surface area (Å²) in [6, 6.07) is 16.5. The van der Waals surface area contributed by atoms with Crippen molar-refractivity contribution in [3.8, 4) is 17.5 Å². The molecule has 3 aromatic rings. The van der Waals surface area contributed by atoms with Crippen LogP contribution >= 0.6 is 0 Å². The average Bonchev–Trinajstić information content (AvgIpc) is 2.65. The minimum absolute atomic E-state index is 0.241. The van der Waals surface area contributed by atoms with E-state index in [0.29, 0.717) is 34.1 Å². The lowest BCUT2D eigenvalue weighted by Crippen LogP contribution is -2.15. The van der Waals surface area contributed by atoms with E-state index < -0.39 is 0 Å². The second-order valence-corrected chi connectivity index (χ2v) is 5.65. The maximum Gasteiger partial charge on any atom is 0.322 e. The van der Waals surface area contributed by atoms with Gasteiger partial charge in [-0.15, -0.1) is 0 Å². The lowest BCUT2D eigenvalue weighted by atomic mass is 10.2. The fraction of sp³-hybridized carbons (Fsp3) is 0.150. The van der Waals surface area contributed by atoms with Gasteiger partial charge < -0.3 is 14.8 Å². The lowest BCUT2D eigenvalue weighted by molar-refractivity contribution is 0.102. The fourth-order valence-electron chi connectivity index (χ4n) is 2.46.